The fourth-order valence-electron chi connectivity index (χ4n) is 3.18. The third-order valence-corrected chi connectivity index (χ3v) is 5.27. The molecule has 0 saturated heterocycles. The summed E-state index contributed by atoms with van der Waals surface area (Å²) in [5, 5.41) is 15.0. The fourth-order valence-corrected chi connectivity index (χ4v) is 3.18. The van der Waals surface area contributed by atoms with Crippen LogP contribution in [0.15, 0.2) is 78.4 Å². The summed E-state index contributed by atoms with van der Waals surface area (Å²) in [7, 11) is 0. The topological polar surface area (TPSA) is 91.2 Å². The molecule has 0 bridgehead atoms. The van der Waals surface area contributed by atoms with Crippen molar-refractivity contribution in [2.24, 2.45) is 0 Å². The van der Waals surface area contributed by atoms with Gasteiger partial charge in [-0.25, -0.2) is 0 Å². The molecule has 0 radical (unpaired) electrons. The van der Waals surface area contributed by atoms with E-state index in [-0.39, 0.29) is 18.1 Å². The van der Waals surface area contributed by atoms with Crippen LogP contribution in [0, 0.1) is 25.2 Å². The molecule has 2 amide bonds. The van der Waals surface area contributed by atoms with Crippen LogP contribution in [0.3, 0.4) is 0 Å². The minimum Gasteiger partial charge on any atom is -0.484 e. The Hall–Kier alpha value is -4.37. The predicted molar refractivity (Wildman–Crippen MR) is 133 cm³/mol. The Morgan fingerprint density at radius 3 is 2.38 bits per heavy atom. The lowest BCUT2D eigenvalue weighted by atomic mass is 10.1. The average Bonchev–Trinajstić information content (AvgIpc) is 2.85. The second-order valence-corrected chi connectivity index (χ2v) is 7.87. The molecule has 172 valence electrons. The molecule has 3 aromatic rings. The molecule has 6 nitrogen and oxygen atoms in total. The van der Waals surface area contributed by atoms with Crippen LogP contribution in [-0.4, -0.2) is 25.0 Å². The second kappa shape index (κ2) is 12.0. The van der Waals surface area contributed by atoms with Crippen LogP contribution in [0.1, 0.15) is 22.3 Å². The molecule has 2 N–H and O–H groups in total. The van der Waals surface area contributed by atoms with Gasteiger partial charge in [-0.3, -0.25) is 9.59 Å². The van der Waals surface area contributed by atoms with Crippen LogP contribution in [-0.2, 0) is 16.0 Å². The summed E-state index contributed by atoms with van der Waals surface area (Å²) >= 11 is 0. The van der Waals surface area contributed by atoms with E-state index in [9.17, 15) is 14.9 Å². The number of amides is 2. The van der Waals surface area contributed by atoms with Crippen LogP contribution < -0.4 is 15.4 Å². The minimum atomic E-state index is -0.474. The highest BCUT2D eigenvalue weighted by Crippen LogP contribution is 2.17. The maximum absolute atomic E-state index is 12.5. The number of rotatable bonds is 9. The maximum atomic E-state index is 12.5. The lowest BCUT2D eigenvalue weighted by Gasteiger charge is -2.08. The van der Waals surface area contributed by atoms with Crippen molar-refractivity contribution in [2.45, 2.75) is 20.3 Å². The number of ether oxygens (including phenoxy) is 1. The van der Waals surface area contributed by atoms with Crippen LogP contribution in [0.2, 0.25) is 0 Å². The van der Waals surface area contributed by atoms with E-state index in [0.717, 1.165) is 23.1 Å². The van der Waals surface area contributed by atoms with Gasteiger partial charge in [0, 0.05) is 12.2 Å². The Morgan fingerprint density at radius 1 is 0.971 bits per heavy atom. The third kappa shape index (κ3) is 7.35. The molecule has 0 spiro atoms. The highest BCUT2D eigenvalue weighted by atomic mass is 16.5. The van der Waals surface area contributed by atoms with Crippen molar-refractivity contribution >= 4 is 23.6 Å². The first-order valence-electron chi connectivity index (χ1n) is 11.0. The van der Waals surface area contributed by atoms with E-state index in [1.807, 2.05) is 62.4 Å². The normalized spacial score (nSPS) is 10.8. The van der Waals surface area contributed by atoms with Gasteiger partial charge >= 0.3 is 0 Å². The molecule has 0 aliphatic carbocycles. The monoisotopic (exact) mass is 453 g/mol. The van der Waals surface area contributed by atoms with E-state index in [1.54, 1.807) is 30.3 Å². The van der Waals surface area contributed by atoms with Crippen LogP contribution in [0.25, 0.3) is 6.08 Å². The van der Waals surface area contributed by atoms with Crippen molar-refractivity contribution in [2.75, 3.05) is 18.5 Å². The summed E-state index contributed by atoms with van der Waals surface area (Å²) in [6.07, 6.45) is 2.27. The molecular weight excluding hydrogens is 426 g/mol. The molecule has 3 rings (SSSR count). The van der Waals surface area contributed by atoms with Gasteiger partial charge in [0.15, 0.2) is 6.61 Å². The van der Waals surface area contributed by atoms with Gasteiger partial charge in [-0.15, -0.1) is 0 Å². The van der Waals surface area contributed by atoms with Crippen molar-refractivity contribution in [3.63, 3.8) is 0 Å². The van der Waals surface area contributed by atoms with Gasteiger partial charge in [-0.1, -0.05) is 48.5 Å². The molecule has 0 saturated carbocycles. The van der Waals surface area contributed by atoms with Crippen molar-refractivity contribution in [3.8, 4) is 11.8 Å². The smallest absolute Gasteiger partial charge is 0.266 e. The highest BCUT2D eigenvalue weighted by Gasteiger charge is 2.10. The van der Waals surface area contributed by atoms with Crippen molar-refractivity contribution in [1.29, 1.82) is 5.26 Å². The molecule has 0 aliphatic rings. The van der Waals surface area contributed by atoms with Gasteiger partial charge < -0.3 is 15.4 Å². The van der Waals surface area contributed by atoms with E-state index in [0.29, 0.717) is 23.5 Å². The summed E-state index contributed by atoms with van der Waals surface area (Å²) in [5.74, 6) is -0.151. The van der Waals surface area contributed by atoms with Gasteiger partial charge in [-0.2, -0.15) is 5.26 Å². The first-order valence-corrected chi connectivity index (χ1v) is 11.0. The summed E-state index contributed by atoms with van der Waals surface area (Å²) in [6, 6.07) is 24.3. The number of anilines is 1. The van der Waals surface area contributed by atoms with E-state index in [1.165, 1.54) is 6.08 Å². The minimum absolute atomic E-state index is 0.00955. The maximum Gasteiger partial charge on any atom is 0.266 e. The Balaban J connectivity index is 1.50. The lowest BCUT2D eigenvalue weighted by Crippen LogP contribution is -2.30. The zero-order valence-corrected chi connectivity index (χ0v) is 19.3. The van der Waals surface area contributed by atoms with E-state index in [2.05, 4.69) is 10.6 Å². The quantitative estimate of drug-likeness (QED) is 0.366. The number of nitrogens with one attached hydrogen (secondary N) is 2. The zero-order chi connectivity index (χ0) is 24.3. The number of aryl methyl sites for hydroxylation is 2. The number of carbonyl (C=O) groups is 2. The molecule has 0 aromatic heterocycles. The Kier molecular flexibility index (Phi) is 8.59. The van der Waals surface area contributed by atoms with Crippen LogP contribution in [0.5, 0.6) is 5.75 Å². The highest BCUT2D eigenvalue weighted by molar-refractivity contribution is 6.09. The summed E-state index contributed by atoms with van der Waals surface area (Å²) in [4.78, 5) is 24.5. The molecule has 34 heavy (non-hydrogen) atoms. The van der Waals surface area contributed by atoms with Crippen molar-refractivity contribution in [1.82, 2.24) is 5.32 Å². The Bertz CT molecular complexity index is 1210. The average molecular weight is 454 g/mol. The number of nitriles is 1. The van der Waals surface area contributed by atoms with Gasteiger partial charge in [0.1, 0.15) is 17.4 Å². The largest absolute Gasteiger partial charge is 0.484 e. The first-order chi connectivity index (χ1) is 16.4. The molecule has 0 unspecified atom stereocenters. The van der Waals surface area contributed by atoms with Gasteiger partial charge in [0.05, 0.1) is 0 Å². The van der Waals surface area contributed by atoms with Crippen molar-refractivity contribution in [3.05, 3.63) is 101 Å². The van der Waals surface area contributed by atoms with E-state index >= 15 is 0 Å². The number of carbonyl (C=O) groups excluding carboxylic acids is 2. The van der Waals surface area contributed by atoms with E-state index < -0.39 is 5.91 Å². The van der Waals surface area contributed by atoms with E-state index in [4.69, 9.17) is 4.74 Å². The standard InChI is InChI=1S/C28H27N3O3/c1-20-8-11-25(16-21(20)2)31-28(33)24(18-29)17-23-9-12-26(13-10-23)34-19-27(32)30-15-14-22-6-4-3-5-7-22/h3-13,16-17H,14-15,19H2,1-2H3,(H,30,32)(H,31,33)/b24-17+. The van der Waals surface area contributed by atoms with Gasteiger partial charge in [0.2, 0.25) is 0 Å². The molecule has 0 heterocycles. The SMILES string of the molecule is Cc1ccc(NC(=O)/C(C#N)=C/c2ccc(OCC(=O)NCCc3ccccc3)cc2)cc1C. The summed E-state index contributed by atoms with van der Waals surface area (Å²) < 4.78 is 5.53. The van der Waals surface area contributed by atoms with Crippen LogP contribution >= 0.6 is 0 Å². The third-order valence-electron chi connectivity index (χ3n) is 5.27. The lowest BCUT2D eigenvalue weighted by molar-refractivity contribution is -0.123. The van der Waals surface area contributed by atoms with Crippen LogP contribution in [0.4, 0.5) is 5.69 Å². The summed E-state index contributed by atoms with van der Waals surface area (Å²) in [6.45, 7) is 4.40. The Labute approximate surface area is 199 Å². The number of hydrogen-bond donors (Lipinski definition) is 2. The summed E-state index contributed by atoms with van der Waals surface area (Å²) in [5.41, 5.74) is 4.64. The number of benzene rings is 3. The fraction of sp³-hybridized carbons (Fsp3) is 0.179. The van der Waals surface area contributed by atoms with Gasteiger partial charge in [0.25, 0.3) is 11.8 Å². The molecular formula is C28H27N3O3. The Morgan fingerprint density at radius 2 is 1.71 bits per heavy atom. The van der Waals surface area contributed by atoms with Gasteiger partial charge in [-0.05, 0) is 72.9 Å². The number of hydrogen-bond acceptors (Lipinski definition) is 4. The van der Waals surface area contributed by atoms with Crippen molar-refractivity contribution < 1.29 is 14.3 Å². The first kappa shape index (κ1) is 24.3. The molecule has 0 aliphatic heterocycles. The molecule has 0 fully saturated rings. The number of nitrogens with zero attached hydrogens (tertiary/aromatic N) is 1. The predicted octanol–water partition coefficient (Wildman–Crippen LogP) is 4.59. The zero-order valence-electron chi connectivity index (χ0n) is 19.3. The molecule has 3 aromatic carbocycles. The molecule has 0 atom stereocenters. The molecule has 6 heteroatoms. The second-order valence-electron chi connectivity index (χ2n) is 7.87.